The van der Waals surface area contributed by atoms with Gasteiger partial charge in [-0.05, 0) is 0 Å². The first kappa shape index (κ1) is 16.7. The van der Waals surface area contributed by atoms with Crippen molar-refractivity contribution < 1.29 is 8.22 Å². The minimum absolute atomic E-state index is 0.120. The van der Waals surface area contributed by atoms with Crippen LogP contribution in [0.1, 0.15) is 0 Å². The normalized spacial score (nSPS) is 11.6. The summed E-state index contributed by atoms with van der Waals surface area (Å²) >= 11 is 0.120. The van der Waals surface area contributed by atoms with E-state index in [0.717, 1.165) is 6.55 Å². The fraction of sp³-hybridized carbons (Fsp3) is 1.00. The van der Waals surface area contributed by atoms with E-state index in [0.29, 0.717) is 0 Å². The Morgan fingerprint density at radius 2 is 0.929 bits per heavy atom. The van der Waals surface area contributed by atoms with E-state index < -0.39 is 9.46 Å². The Bertz CT molecular complexity index is 114. The molecule has 0 aliphatic rings. The summed E-state index contributed by atoms with van der Waals surface area (Å²) in [5, 5.41) is 0. The molecule has 0 aromatic heterocycles. The zero-order chi connectivity index (χ0) is 11.9. The average molecular weight is 245 g/mol. The van der Waals surface area contributed by atoms with Crippen LogP contribution in [0.15, 0.2) is 0 Å². The van der Waals surface area contributed by atoms with Crippen molar-refractivity contribution in [2.45, 2.75) is 6.55 Å². The Labute approximate surface area is 91.4 Å². The maximum atomic E-state index is 10.4. The zero-order valence-corrected chi connectivity index (χ0v) is 11.8. The van der Waals surface area contributed by atoms with Crippen molar-refractivity contribution >= 4 is 20.9 Å². The maximum absolute atomic E-state index is 10.4. The summed E-state index contributed by atoms with van der Waals surface area (Å²) in [4.78, 5) is 0. The number of halogens is 2. The van der Waals surface area contributed by atoms with E-state index in [1.807, 2.05) is 0 Å². The molecule has 0 unspecified atom stereocenters. The summed E-state index contributed by atoms with van der Waals surface area (Å²) in [5.74, 6) is 0. The van der Waals surface area contributed by atoms with Crippen LogP contribution in [0.4, 0.5) is 8.22 Å². The highest BCUT2D eigenvalue weighted by molar-refractivity contribution is 7.90. The second kappa shape index (κ2) is 8.60. The van der Waals surface area contributed by atoms with Gasteiger partial charge >= 0.3 is 0 Å². The summed E-state index contributed by atoms with van der Waals surface area (Å²) in [7, 11) is 9.64. The second-order valence-electron chi connectivity index (χ2n) is 3.13. The summed E-state index contributed by atoms with van der Waals surface area (Å²) in [6.45, 7) is 0.935. The number of nitrogens with zero attached hydrogens (tertiary/aromatic N) is 3. The Morgan fingerprint density at radius 1 is 0.786 bits per heavy atom. The number of rotatable bonds is 3. The molecule has 0 fully saturated rings. The standard InChI is InChI=1S/C6H18N3S.CH3F2Si/c1-7(2)10(8(3)4)9(5)6;1-4(2)3/h1-6H3;1H3/q+1;-1. The third-order valence-electron chi connectivity index (χ3n) is 0.980. The van der Waals surface area contributed by atoms with Crippen LogP contribution in [0.25, 0.3) is 0 Å². The Morgan fingerprint density at radius 3 is 0.929 bits per heavy atom. The second-order valence-corrected chi connectivity index (χ2v) is 6.71. The van der Waals surface area contributed by atoms with E-state index in [2.05, 4.69) is 55.2 Å². The molecule has 0 bridgehead atoms. The summed E-state index contributed by atoms with van der Waals surface area (Å²) in [6, 6.07) is 0. The molecular weight excluding hydrogens is 224 g/mol. The van der Waals surface area contributed by atoms with Gasteiger partial charge in [0.15, 0.2) is 0 Å². The Kier molecular flexibility index (Phi) is 10.3. The van der Waals surface area contributed by atoms with Gasteiger partial charge in [0.1, 0.15) is 9.46 Å². The molecule has 0 amide bonds. The van der Waals surface area contributed by atoms with Crippen molar-refractivity contribution in [1.29, 1.82) is 0 Å². The highest BCUT2D eigenvalue weighted by Crippen LogP contribution is 2.05. The molecule has 0 aliphatic carbocycles. The monoisotopic (exact) mass is 245 g/mol. The van der Waals surface area contributed by atoms with Crippen LogP contribution in [0, 0.1) is 0 Å². The maximum Gasteiger partial charge on any atom is 0.266 e. The van der Waals surface area contributed by atoms with Gasteiger partial charge in [0.2, 0.25) is 0 Å². The van der Waals surface area contributed by atoms with Crippen LogP contribution in [0.5, 0.6) is 0 Å². The van der Waals surface area contributed by atoms with E-state index >= 15 is 0 Å². The molecule has 3 nitrogen and oxygen atoms in total. The minimum atomic E-state index is -2.88. The fourth-order valence-electron chi connectivity index (χ4n) is 0.980. The molecule has 0 heterocycles. The van der Waals surface area contributed by atoms with Crippen molar-refractivity contribution in [3.63, 3.8) is 0 Å². The lowest BCUT2D eigenvalue weighted by Gasteiger charge is -2.20. The number of hydrogen-bond acceptors (Lipinski definition) is 3. The van der Waals surface area contributed by atoms with E-state index in [9.17, 15) is 8.22 Å². The molecule has 0 aromatic rings. The average Bonchev–Trinajstić information content (AvgIpc) is 1.80. The van der Waals surface area contributed by atoms with Gasteiger partial charge in [-0.25, -0.2) is 0 Å². The van der Waals surface area contributed by atoms with E-state index in [1.165, 1.54) is 0 Å². The molecule has 0 rings (SSSR count). The van der Waals surface area contributed by atoms with Gasteiger partial charge in [0.05, 0.1) is 0 Å². The van der Waals surface area contributed by atoms with Crippen molar-refractivity contribution in [3.05, 3.63) is 0 Å². The molecule has 0 radical (unpaired) electrons. The molecule has 0 saturated heterocycles. The van der Waals surface area contributed by atoms with Crippen molar-refractivity contribution in [3.8, 4) is 0 Å². The van der Waals surface area contributed by atoms with E-state index in [1.54, 1.807) is 0 Å². The summed E-state index contributed by atoms with van der Waals surface area (Å²) in [5.41, 5.74) is 0. The first-order valence-corrected chi connectivity index (χ1v) is 6.96. The third-order valence-corrected chi connectivity index (χ3v) is 2.94. The van der Waals surface area contributed by atoms with Gasteiger partial charge in [-0.1, -0.05) is 12.9 Å². The lowest BCUT2D eigenvalue weighted by molar-refractivity contribution is 0.511. The fourth-order valence-corrected chi connectivity index (χ4v) is 2.94. The van der Waals surface area contributed by atoms with Crippen LogP contribution >= 0.6 is 0 Å². The predicted octanol–water partition coefficient (Wildman–Crippen LogP) is 1.08. The zero-order valence-electron chi connectivity index (χ0n) is 10.0. The van der Waals surface area contributed by atoms with E-state index in [-0.39, 0.29) is 11.5 Å². The minimum Gasteiger partial charge on any atom is -0.476 e. The summed E-state index contributed by atoms with van der Waals surface area (Å²) < 4.78 is 27.5. The Balaban J connectivity index is 0. The molecule has 14 heavy (non-hydrogen) atoms. The Hall–Kier alpha value is 0.307. The molecule has 0 aromatic carbocycles. The van der Waals surface area contributed by atoms with Gasteiger partial charge in [0, 0.05) is 42.3 Å². The van der Waals surface area contributed by atoms with Gasteiger partial charge < -0.3 is 8.22 Å². The van der Waals surface area contributed by atoms with Crippen LogP contribution in [-0.4, -0.2) is 64.7 Å². The third kappa shape index (κ3) is 10.4. The van der Waals surface area contributed by atoms with Crippen LogP contribution in [-0.2, 0) is 11.5 Å². The summed E-state index contributed by atoms with van der Waals surface area (Å²) in [6.07, 6.45) is 0. The van der Waals surface area contributed by atoms with Gasteiger partial charge in [-0.3, -0.25) is 0 Å². The van der Waals surface area contributed by atoms with Crippen molar-refractivity contribution in [2.75, 3.05) is 42.3 Å². The lowest BCUT2D eigenvalue weighted by Crippen LogP contribution is -2.44. The molecule has 0 aliphatic heterocycles. The quantitative estimate of drug-likeness (QED) is 0.418. The number of hydrogen-bond donors (Lipinski definition) is 0. The molecule has 7 heteroatoms. The molecule has 0 N–H and O–H groups in total. The smallest absolute Gasteiger partial charge is 0.266 e. The predicted molar refractivity (Wildman–Crippen MR) is 62.3 cm³/mol. The molecular formula is C7H21F2N3SSi. The van der Waals surface area contributed by atoms with Gasteiger partial charge in [-0.2, -0.15) is 0 Å². The SMILES string of the molecule is CN(C)[S+](N(C)C)N(C)C.C[Si-](F)F. The van der Waals surface area contributed by atoms with Crippen LogP contribution < -0.4 is 0 Å². The first-order chi connectivity index (χ1) is 6.20. The van der Waals surface area contributed by atoms with Crippen molar-refractivity contribution in [1.82, 2.24) is 12.9 Å². The van der Waals surface area contributed by atoms with Crippen molar-refractivity contribution in [2.24, 2.45) is 0 Å². The highest BCUT2D eigenvalue weighted by Gasteiger charge is 2.29. The molecule has 0 spiro atoms. The van der Waals surface area contributed by atoms with E-state index in [4.69, 9.17) is 0 Å². The largest absolute Gasteiger partial charge is 0.476 e. The van der Waals surface area contributed by atoms with Gasteiger partial charge in [-0.15, -0.1) is 6.55 Å². The highest BCUT2D eigenvalue weighted by atomic mass is 32.2. The molecule has 0 saturated carbocycles. The molecule has 0 atom stereocenters. The first-order valence-electron chi connectivity index (χ1n) is 4.11. The lowest BCUT2D eigenvalue weighted by atomic mass is 11.2. The van der Waals surface area contributed by atoms with Crippen LogP contribution in [0.3, 0.4) is 0 Å². The topological polar surface area (TPSA) is 9.72 Å². The molecule has 88 valence electrons. The van der Waals surface area contributed by atoms with Gasteiger partial charge in [0.25, 0.3) is 11.5 Å². The van der Waals surface area contributed by atoms with Crippen LogP contribution in [0.2, 0.25) is 6.55 Å².